The van der Waals surface area contributed by atoms with Gasteiger partial charge in [0.05, 0.1) is 17.1 Å². The summed E-state index contributed by atoms with van der Waals surface area (Å²) in [5.74, 6) is 0. The van der Waals surface area contributed by atoms with Crippen molar-refractivity contribution in [1.82, 2.24) is 25.0 Å². The Morgan fingerprint density at radius 1 is 0.345 bits per heavy atom. The normalized spacial score (nSPS) is 11.5. The average Bonchev–Trinajstić information content (AvgIpc) is 3.71. The molecule has 0 aliphatic carbocycles. The number of benzene rings is 6. The van der Waals surface area contributed by atoms with E-state index in [1.165, 1.54) is 0 Å². The Hall–Kier alpha value is -7.50. The van der Waals surface area contributed by atoms with E-state index in [0.717, 1.165) is 83.7 Å². The minimum Gasteiger partial charge on any atom is -0.256 e. The highest BCUT2D eigenvalue weighted by Gasteiger charge is 2.11. The summed E-state index contributed by atoms with van der Waals surface area (Å²) in [5.41, 5.74) is 15.5. The number of hydrogen-bond acceptors (Lipinski definition) is 4. The molecule has 0 N–H and O–H groups in total. The van der Waals surface area contributed by atoms with Crippen LogP contribution in [0.2, 0.25) is 0 Å². The Balaban J connectivity index is 1.05. The van der Waals surface area contributed by atoms with Gasteiger partial charge >= 0.3 is 0 Å². The number of aromatic nitrogens is 5. The Labute approximate surface area is 320 Å². The molecule has 55 heavy (non-hydrogen) atoms. The Kier molecular flexibility index (Phi) is 9.23. The van der Waals surface area contributed by atoms with Crippen LogP contribution >= 0.6 is 0 Å². The Bertz CT molecular complexity index is 2620. The number of hydrogen-bond donors (Lipinski definition) is 0. The van der Waals surface area contributed by atoms with Crippen molar-refractivity contribution in [2.45, 2.75) is 0 Å². The van der Waals surface area contributed by atoms with Gasteiger partial charge in [-0.05, 0) is 99.1 Å². The summed E-state index contributed by atoms with van der Waals surface area (Å²) in [5, 5.41) is 9.34. The zero-order valence-electron chi connectivity index (χ0n) is 29.9. The average molecular weight is 706 g/mol. The summed E-state index contributed by atoms with van der Waals surface area (Å²) in [6.07, 6.45) is 12.4. The highest BCUT2D eigenvalue weighted by Crippen LogP contribution is 2.34. The first-order chi connectivity index (χ1) is 27.2. The second kappa shape index (κ2) is 15.2. The second-order valence-corrected chi connectivity index (χ2v) is 13.3. The van der Waals surface area contributed by atoms with Crippen LogP contribution in [0, 0.1) is 0 Å². The lowest BCUT2D eigenvalue weighted by Gasteiger charge is -2.13. The smallest absolute Gasteiger partial charge is 0.113 e. The molecule has 9 aromatic rings. The van der Waals surface area contributed by atoms with E-state index in [4.69, 9.17) is 9.97 Å². The van der Waals surface area contributed by atoms with Crippen molar-refractivity contribution in [1.29, 1.82) is 0 Å². The molecular weight excluding hydrogens is 671 g/mol. The standard InChI is InChI=1S/C50H35N5/c1-3-11-41(12-4-1)47-29-23-36(34-51-47)19-21-38-31-39(22-20-37-24-30-48(52-35-37)42-13-5-2-6-14-42)33-43(32-38)46-16-8-7-15-45(46)40-25-27-44(28-26-40)55-53-49-17-9-10-18-50(49)54-55/h1-35H/b21-19-,22-20?. The van der Waals surface area contributed by atoms with E-state index in [-0.39, 0.29) is 0 Å². The molecule has 0 saturated heterocycles. The van der Waals surface area contributed by atoms with Gasteiger partial charge in [-0.15, -0.1) is 10.2 Å². The van der Waals surface area contributed by atoms with Crippen LogP contribution in [0.4, 0.5) is 0 Å². The van der Waals surface area contributed by atoms with E-state index in [1.54, 1.807) is 4.80 Å². The third kappa shape index (κ3) is 7.54. The fourth-order valence-electron chi connectivity index (χ4n) is 6.71. The topological polar surface area (TPSA) is 56.5 Å². The molecule has 9 rings (SSSR count). The van der Waals surface area contributed by atoms with Gasteiger partial charge in [-0.25, -0.2) is 0 Å². The van der Waals surface area contributed by atoms with E-state index >= 15 is 0 Å². The van der Waals surface area contributed by atoms with Gasteiger partial charge in [-0.2, -0.15) is 4.80 Å². The minimum atomic E-state index is 0.872. The first-order valence-electron chi connectivity index (χ1n) is 18.3. The number of nitrogens with zero attached hydrogens (tertiary/aromatic N) is 5. The summed E-state index contributed by atoms with van der Waals surface area (Å²) in [7, 11) is 0. The van der Waals surface area contributed by atoms with Gasteiger partial charge in [-0.3, -0.25) is 9.97 Å². The van der Waals surface area contributed by atoms with E-state index in [1.807, 2.05) is 73.1 Å². The van der Waals surface area contributed by atoms with Crippen LogP contribution in [-0.4, -0.2) is 25.0 Å². The molecule has 0 saturated carbocycles. The van der Waals surface area contributed by atoms with E-state index in [2.05, 4.69) is 150 Å². The van der Waals surface area contributed by atoms with Crippen LogP contribution in [0.15, 0.2) is 188 Å². The lowest BCUT2D eigenvalue weighted by Crippen LogP contribution is -1.98. The summed E-state index contributed by atoms with van der Waals surface area (Å²) in [6.45, 7) is 0. The van der Waals surface area contributed by atoms with Crippen molar-refractivity contribution in [3.8, 4) is 50.5 Å². The van der Waals surface area contributed by atoms with E-state index in [0.29, 0.717) is 0 Å². The molecule has 0 amide bonds. The lowest BCUT2D eigenvalue weighted by atomic mass is 9.92. The summed E-state index contributed by atoms with van der Waals surface area (Å²) in [6, 6.07) is 60.5. The first-order valence-corrected chi connectivity index (χ1v) is 18.3. The Morgan fingerprint density at radius 2 is 0.800 bits per heavy atom. The van der Waals surface area contributed by atoms with Gasteiger partial charge in [0.1, 0.15) is 11.0 Å². The Morgan fingerprint density at radius 3 is 1.29 bits per heavy atom. The van der Waals surface area contributed by atoms with Crippen LogP contribution in [0.5, 0.6) is 0 Å². The lowest BCUT2D eigenvalue weighted by molar-refractivity contribution is 0.766. The molecule has 260 valence electrons. The highest BCUT2D eigenvalue weighted by molar-refractivity contribution is 5.87. The molecule has 0 atom stereocenters. The molecule has 0 radical (unpaired) electrons. The van der Waals surface area contributed by atoms with E-state index in [9.17, 15) is 0 Å². The first kappa shape index (κ1) is 33.3. The maximum atomic E-state index is 4.74. The molecule has 0 bridgehead atoms. The molecule has 6 aromatic carbocycles. The predicted octanol–water partition coefficient (Wildman–Crippen LogP) is 12.2. The van der Waals surface area contributed by atoms with Crippen LogP contribution in [-0.2, 0) is 0 Å². The monoisotopic (exact) mass is 705 g/mol. The van der Waals surface area contributed by atoms with Crippen LogP contribution in [0.25, 0.3) is 85.8 Å². The zero-order valence-corrected chi connectivity index (χ0v) is 29.9. The molecule has 0 fully saturated rings. The van der Waals surface area contributed by atoms with Crippen molar-refractivity contribution >= 4 is 35.3 Å². The number of pyridine rings is 2. The third-order valence-electron chi connectivity index (χ3n) is 9.56. The summed E-state index contributed by atoms with van der Waals surface area (Å²) < 4.78 is 0. The minimum absolute atomic E-state index is 0.872. The van der Waals surface area contributed by atoms with Gasteiger partial charge in [0, 0.05) is 23.5 Å². The predicted molar refractivity (Wildman–Crippen MR) is 227 cm³/mol. The van der Waals surface area contributed by atoms with Crippen LogP contribution in [0.3, 0.4) is 0 Å². The van der Waals surface area contributed by atoms with Gasteiger partial charge in [-0.1, -0.05) is 146 Å². The van der Waals surface area contributed by atoms with Crippen molar-refractivity contribution in [3.05, 3.63) is 211 Å². The van der Waals surface area contributed by atoms with Crippen LogP contribution in [0.1, 0.15) is 22.3 Å². The molecule has 0 aliphatic heterocycles. The van der Waals surface area contributed by atoms with Crippen molar-refractivity contribution < 1.29 is 0 Å². The number of rotatable bonds is 9. The molecule has 3 aromatic heterocycles. The maximum Gasteiger partial charge on any atom is 0.113 e. The third-order valence-corrected chi connectivity index (χ3v) is 9.56. The molecule has 3 heterocycles. The SMILES string of the molecule is C(=Cc1cc(/C=C\c2ccc(-c3ccccc3)nc2)cc(-c2ccccc2-c2ccc(-n3nc4ccccc4n3)cc2)c1)c1ccc(-c2ccccc2)nc1. The van der Waals surface area contributed by atoms with Gasteiger partial charge in [0.15, 0.2) is 0 Å². The molecule has 0 unspecified atom stereocenters. The summed E-state index contributed by atoms with van der Waals surface area (Å²) >= 11 is 0. The van der Waals surface area contributed by atoms with Crippen LogP contribution < -0.4 is 0 Å². The van der Waals surface area contributed by atoms with E-state index < -0.39 is 0 Å². The summed E-state index contributed by atoms with van der Waals surface area (Å²) in [4.78, 5) is 11.2. The quantitative estimate of drug-likeness (QED) is 0.150. The van der Waals surface area contributed by atoms with Gasteiger partial charge in [0.25, 0.3) is 0 Å². The molecule has 0 spiro atoms. The second-order valence-electron chi connectivity index (χ2n) is 13.3. The van der Waals surface area contributed by atoms with Gasteiger partial charge < -0.3 is 0 Å². The van der Waals surface area contributed by atoms with Gasteiger partial charge in [0.2, 0.25) is 0 Å². The zero-order chi connectivity index (χ0) is 36.8. The van der Waals surface area contributed by atoms with Crippen molar-refractivity contribution in [2.24, 2.45) is 0 Å². The molecular formula is C50H35N5. The largest absolute Gasteiger partial charge is 0.256 e. The van der Waals surface area contributed by atoms with Crippen molar-refractivity contribution in [2.75, 3.05) is 0 Å². The fourth-order valence-corrected chi connectivity index (χ4v) is 6.71. The highest BCUT2D eigenvalue weighted by atomic mass is 15.5. The molecule has 0 aliphatic rings. The maximum absolute atomic E-state index is 4.74. The van der Waals surface area contributed by atoms with Crippen molar-refractivity contribution in [3.63, 3.8) is 0 Å². The fraction of sp³-hybridized carbons (Fsp3) is 0. The molecule has 5 heteroatoms. The number of fused-ring (bicyclic) bond motifs is 1. The molecule has 5 nitrogen and oxygen atoms in total.